The Balaban J connectivity index is 2.04. The molecule has 0 aliphatic carbocycles. The van der Waals surface area contributed by atoms with Gasteiger partial charge in [0.05, 0.1) is 17.7 Å². The molecule has 23 heavy (non-hydrogen) atoms. The van der Waals surface area contributed by atoms with Crippen molar-refractivity contribution in [2.75, 3.05) is 6.61 Å². The molecule has 0 saturated heterocycles. The Morgan fingerprint density at radius 1 is 1.35 bits per heavy atom. The van der Waals surface area contributed by atoms with Gasteiger partial charge in [-0.1, -0.05) is 30.3 Å². The molecule has 0 bridgehead atoms. The molecule has 2 heterocycles. The SMILES string of the molecule is CCOC(=O)c1cnc2c(c1)c(C#N)cn2Cc1ccccc1. The molecule has 0 N–H and O–H groups in total. The molecule has 5 nitrogen and oxygen atoms in total. The van der Waals surface area contributed by atoms with E-state index in [1.54, 1.807) is 19.2 Å². The molecule has 0 atom stereocenters. The summed E-state index contributed by atoms with van der Waals surface area (Å²) in [6.45, 7) is 2.67. The highest BCUT2D eigenvalue weighted by Crippen LogP contribution is 2.21. The summed E-state index contributed by atoms with van der Waals surface area (Å²) in [7, 11) is 0. The van der Waals surface area contributed by atoms with Crippen LogP contribution in [0.25, 0.3) is 11.0 Å². The summed E-state index contributed by atoms with van der Waals surface area (Å²) in [5, 5.41) is 10.0. The second-order valence-electron chi connectivity index (χ2n) is 5.08. The maximum absolute atomic E-state index is 11.8. The Kier molecular flexibility index (Phi) is 4.07. The lowest BCUT2D eigenvalue weighted by Crippen LogP contribution is -2.05. The maximum Gasteiger partial charge on any atom is 0.339 e. The molecule has 1 aromatic carbocycles. The van der Waals surface area contributed by atoms with Gasteiger partial charge in [0.15, 0.2) is 0 Å². The number of carbonyl (C=O) groups excluding carboxylic acids is 1. The van der Waals surface area contributed by atoms with Crippen LogP contribution in [0.4, 0.5) is 0 Å². The zero-order valence-electron chi connectivity index (χ0n) is 12.7. The van der Waals surface area contributed by atoms with Crippen molar-refractivity contribution in [1.82, 2.24) is 9.55 Å². The van der Waals surface area contributed by atoms with Gasteiger partial charge in [-0.3, -0.25) is 0 Å². The highest BCUT2D eigenvalue weighted by atomic mass is 16.5. The summed E-state index contributed by atoms with van der Waals surface area (Å²) in [5.41, 5.74) is 2.64. The Hall–Kier alpha value is -3.13. The molecule has 3 aromatic rings. The first-order chi connectivity index (χ1) is 11.2. The number of ether oxygens (including phenoxy) is 1. The highest BCUT2D eigenvalue weighted by Gasteiger charge is 2.14. The number of carbonyl (C=O) groups is 1. The van der Waals surface area contributed by atoms with Crippen molar-refractivity contribution in [1.29, 1.82) is 5.26 Å². The fraction of sp³-hybridized carbons (Fsp3) is 0.167. The van der Waals surface area contributed by atoms with Crippen LogP contribution in [0.2, 0.25) is 0 Å². The van der Waals surface area contributed by atoms with Gasteiger partial charge in [-0.2, -0.15) is 5.26 Å². The Morgan fingerprint density at radius 2 is 2.13 bits per heavy atom. The topological polar surface area (TPSA) is 67.9 Å². The van der Waals surface area contributed by atoms with Crippen molar-refractivity contribution in [3.8, 4) is 6.07 Å². The first-order valence-electron chi connectivity index (χ1n) is 7.33. The smallest absolute Gasteiger partial charge is 0.339 e. The lowest BCUT2D eigenvalue weighted by atomic mass is 10.2. The van der Waals surface area contributed by atoms with E-state index >= 15 is 0 Å². The van der Waals surface area contributed by atoms with Crippen molar-refractivity contribution in [2.45, 2.75) is 13.5 Å². The average Bonchev–Trinajstić information content (AvgIpc) is 2.93. The molecule has 0 aliphatic rings. The van der Waals surface area contributed by atoms with E-state index in [9.17, 15) is 10.1 Å². The van der Waals surface area contributed by atoms with Crippen LogP contribution in [0.15, 0.2) is 48.8 Å². The second-order valence-corrected chi connectivity index (χ2v) is 5.08. The van der Waals surface area contributed by atoms with E-state index in [2.05, 4.69) is 11.1 Å². The van der Waals surface area contributed by atoms with Gasteiger partial charge in [-0.05, 0) is 18.6 Å². The van der Waals surface area contributed by atoms with Crippen LogP contribution in [-0.2, 0) is 11.3 Å². The number of aromatic nitrogens is 2. The quantitative estimate of drug-likeness (QED) is 0.694. The average molecular weight is 305 g/mol. The molecule has 114 valence electrons. The molecule has 0 unspecified atom stereocenters. The van der Waals surface area contributed by atoms with Crippen LogP contribution in [0.5, 0.6) is 0 Å². The van der Waals surface area contributed by atoms with Gasteiger partial charge in [0.2, 0.25) is 0 Å². The lowest BCUT2D eigenvalue weighted by Gasteiger charge is -2.05. The third-order valence-corrected chi connectivity index (χ3v) is 3.54. The van der Waals surface area contributed by atoms with Gasteiger partial charge in [-0.25, -0.2) is 9.78 Å². The van der Waals surface area contributed by atoms with Crippen molar-refractivity contribution in [3.63, 3.8) is 0 Å². The molecular weight excluding hydrogens is 290 g/mol. The Morgan fingerprint density at radius 3 is 2.83 bits per heavy atom. The van der Waals surface area contributed by atoms with Crippen LogP contribution >= 0.6 is 0 Å². The molecule has 3 rings (SSSR count). The van der Waals surface area contributed by atoms with E-state index in [-0.39, 0.29) is 0 Å². The van der Waals surface area contributed by atoms with Gasteiger partial charge < -0.3 is 9.30 Å². The standard InChI is InChI=1S/C18H15N3O2/c1-2-23-18(22)14-8-16-15(9-19)12-21(17(16)20-10-14)11-13-6-4-3-5-7-13/h3-8,10,12H,2,11H2,1H3. The van der Waals surface area contributed by atoms with Crippen molar-refractivity contribution >= 4 is 17.0 Å². The van der Waals surface area contributed by atoms with E-state index in [4.69, 9.17) is 4.74 Å². The fourth-order valence-electron chi connectivity index (χ4n) is 2.49. The minimum Gasteiger partial charge on any atom is -0.462 e. The summed E-state index contributed by atoms with van der Waals surface area (Å²) in [6, 6.07) is 13.8. The molecule has 0 saturated carbocycles. The molecular formula is C18H15N3O2. The number of rotatable bonds is 4. The Labute approximate surface area is 133 Å². The molecule has 0 amide bonds. The molecule has 0 spiro atoms. The number of benzene rings is 1. The number of hydrogen-bond acceptors (Lipinski definition) is 4. The van der Waals surface area contributed by atoms with Crippen LogP contribution in [0.1, 0.15) is 28.4 Å². The van der Waals surface area contributed by atoms with E-state index < -0.39 is 5.97 Å². The normalized spacial score (nSPS) is 10.4. The van der Waals surface area contributed by atoms with Crippen molar-refractivity contribution in [2.24, 2.45) is 0 Å². The predicted octanol–water partition coefficient (Wildman–Crippen LogP) is 3.13. The van der Waals surface area contributed by atoms with Crippen LogP contribution in [0, 0.1) is 11.3 Å². The number of nitriles is 1. The first kappa shape index (κ1) is 14.8. The van der Waals surface area contributed by atoms with Crippen molar-refractivity contribution < 1.29 is 9.53 Å². The van der Waals surface area contributed by atoms with Gasteiger partial charge in [0.25, 0.3) is 0 Å². The summed E-state index contributed by atoms with van der Waals surface area (Å²) in [6.07, 6.45) is 3.25. The lowest BCUT2D eigenvalue weighted by molar-refractivity contribution is 0.0526. The number of pyridine rings is 1. The third kappa shape index (κ3) is 2.92. The van der Waals surface area contributed by atoms with E-state index in [0.29, 0.717) is 35.3 Å². The monoisotopic (exact) mass is 305 g/mol. The zero-order valence-corrected chi connectivity index (χ0v) is 12.7. The van der Waals surface area contributed by atoms with Crippen molar-refractivity contribution in [3.05, 3.63) is 65.5 Å². The summed E-state index contributed by atoms with van der Waals surface area (Å²) >= 11 is 0. The predicted molar refractivity (Wildman–Crippen MR) is 85.9 cm³/mol. The molecule has 0 radical (unpaired) electrons. The van der Waals surface area contributed by atoms with Gasteiger partial charge >= 0.3 is 5.97 Å². The number of hydrogen-bond donors (Lipinski definition) is 0. The number of nitrogens with zero attached hydrogens (tertiary/aromatic N) is 3. The van der Waals surface area contributed by atoms with E-state index in [1.165, 1.54) is 6.20 Å². The number of esters is 1. The van der Waals surface area contributed by atoms with Crippen LogP contribution in [0.3, 0.4) is 0 Å². The summed E-state index contributed by atoms with van der Waals surface area (Å²) < 4.78 is 6.90. The van der Waals surface area contributed by atoms with Crippen LogP contribution in [-0.4, -0.2) is 22.1 Å². The molecule has 2 aromatic heterocycles. The zero-order chi connectivity index (χ0) is 16.2. The Bertz CT molecular complexity index is 892. The maximum atomic E-state index is 11.8. The molecule has 5 heteroatoms. The molecule has 0 aliphatic heterocycles. The van der Waals surface area contributed by atoms with Crippen LogP contribution < -0.4 is 0 Å². The fourth-order valence-corrected chi connectivity index (χ4v) is 2.49. The second kappa shape index (κ2) is 6.32. The third-order valence-electron chi connectivity index (χ3n) is 3.54. The van der Waals surface area contributed by atoms with E-state index in [1.807, 2.05) is 34.9 Å². The van der Waals surface area contributed by atoms with E-state index in [0.717, 1.165) is 5.56 Å². The largest absolute Gasteiger partial charge is 0.462 e. The summed E-state index contributed by atoms with van der Waals surface area (Å²) in [4.78, 5) is 16.2. The van der Waals surface area contributed by atoms with Gasteiger partial charge in [-0.15, -0.1) is 0 Å². The van der Waals surface area contributed by atoms with Gasteiger partial charge in [0, 0.05) is 24.3 Å². The first-order valence-corrected chi connectivity index (χ1v) is 7.33. The summed E-state index contributed by atoms with van der Waals surface area (Å²) in [5.74, 6) is -0.429. The van der Waals surface area contributed by atoms with Gasteiger partial charge in [0.1, 0.15) is 11.7 Å². The minimum absolute atomic E-state index is 0.303. The molecule has 0 fully saturated rings. The highest BCUT2D eigenvalue weighted by molar-refractivity contribution is 5.94. The minimum atomic E-state index is -0.429. The number of fused-ring (bicyclic) bond motifs is 1.